The van der Waals surface area contributed by atoms with Gasteiger partial charge < -0.3 is 10.2 Å². The van der Waals surface area contributed by atoms with Crippen LogP contribution < -0.4 is 4.72 Å². The molecule has 18 heavy (non-hydrogen) atoms. The molecule has 1 rings (SSSR count). The van der Waals surface area contributed by atoms with E-state index in [0.29, 0.717) is 3.57 Å². The molecular formula is C10H12INO5S. The van der Waals surface area contributed by atoms with Gasteiger partial charge in [0.25, 0.3) is 0 Å². The number of halogens is 1. The lowest BCUT2D eigenvalue weighted by molar-refractivity contribution is 0.0695. The smallest absolute Gasteiger partial charge is 0.336 e. The van der Waals surface area contributed by atoms with Crippen molar-refractivity contribution in [2.24, 2.45) is 0 Å². The molecule has 0 spiro atoms. The monoisotopic (exact) mass is 385 g/mol. The van der Waals surface area contributed by atoms with E-state index in [2.05, 4.69) is 4.72 Å². The van der Waals surface area contributed by atoms with Gasteiger partial charge in [0.2, 0.25) is 10.0 Å². The molecule has 1 aromatic rings. The van der Waals surface area contributed by atoms with Gasteiger partial charge in [-0.25, -0.2) is 17.9 Å². The summed E-state index contributed by atoms with van der Waals surface area (Å²) in [6.45, 7) is 1.32. The Morgan fingerprint density at radius 2 is 2.11 bits per heavy atom. The highest BCUT2D eigenvalue weighted by Gasteiger charge is 2.18. The Morgan fingerprint density at radius 3 is 2.61 bits per heavy atom. The second-order valence-corrected chi connectivity index (χ2v) is 6.58. The standard InChI is InChI=1S/C10H12INO5S/c1-6(13)5-12-18(16,17)7-2-3-9(11)8(4-7)10(14)15/h2-4,6,12-13H,5H2,1H3,(H,14,15)/t6-/m1/s1. The van der Waals surface area contributed by atoms with Gasteiger partial charge >= 0.3 is 5.97 Å². The highest BCUT2D eigenvalue weighted by atomic mass is 127. The van der Waals surface area contributed by atoms with E-state index in [0.717, 1.165) is 6.07 Å². The summed E-state index contributed by atoms with van der Waals surface area (Å²) in [4.78, 5) is 10.8. The lowest BCUT2D eigenvalue weighted by Crippen LogP contribution is -2.30. The number of carbonyl (C=O) groups is 1. The summed E-state index contributed by atoms with van der Waals surface area (Å²) in [6, 6.07) is 3.83. The van der Waals surface area contributed by atoms with Gasteiger partial charge in [-0.1, -0.05) is 0 Å². The van der Waals surface area contributed by atoms with Crippen LogP contribution >= 0.6 is 22.6 Å². The van der Waals surface area contributed by atoms with Crippen molar-refractivity contribution in [3.8, 4) is 0 Å². The lowest BCUT2D eigenvalue weighted by atomic mass is 10.2. The third kappa shape index (κ3) is 3.90. The molecule has 0 saturated carbocycles. The van der Waals surface area contributed by atoms with Crippen molar-refractivity contribution in [2.75, 3.05) is 6.54 Å². The first-order valence-corrected chi connectivity index (χ1v) is 7.51. The van der Waals surface area contributed by atoms with E-state index in [9.17, 15) is 13.2 Å². The van der Waals surface area contributed by atoms with E-state index in [4.69, 9.17) is 10.2 Å². The number of aromatic carboxylic acids is 1. The van der Waals surface area contributed by atoms with Gasteiger partial charge in [-0.3, -0.25) is 0 Å². The molecule has 0 unspecified atom stereocenters. The van der Waals surface area contributed by atoms with Crippen molar-refractivity contribution < 1.29 is 23.4 Å². The summed E-state index contributed by atoms with van der Waals surface area (Å²) in [5, 5.41) is 17.9. The fraction of sp³-hybridized carbons (Fsp3) is 0.300. The molecule has 0 aliphatic rings. The predicted octanol–water partition coefficient (Wildman–Crippen LogP) is 0.649. The number of aliphatic hydroxyl groups is 1. The minimum atomic E-state index is -3.80. The van der Waals surface area contributed by atoms with Crippen molar-refractivity contribution in [3.05, 3.63) is 27.3 Å². The largest absolute Gasteiger partial charge is 0.478 e. The normalized spacial score (nSPS) is 13.3. The van der Waals surface area contributed by atoms with Crippen LogP contribution in [0, 0.1) is 3.57 Å². The summed E-state index contributed by atoms with van der Waals surface area (Å²) in [7, 11) is -3.80. The van der Waals surface area contributed by atoms with Crippen LogP contribution in [0.25, 0.3) is 0 Å². The summed E-state index contributed by atoms with van der Waals surface area (Å²) in [5.74, 6) is -1.19. The number of benzene rings is 1. The average molecular weight is 385 g/mol. The Bertz CT molecular complexity index is 555. The molecule has 3 N–H and O–H groups in total. The first-order chi connectivity index (χ1) is 8.24. The van der Waals surface area contributed by atoms with Gasteiger partial charge in [0.1, 0.15) is 0 Å². The number of hydrogen-bond donors (Lipinski definition) is 3. The zero-order valence-electron chi connectivity index (χ0n) is 9.42. The van der Waals surface area contributed by atoms with E-state index >= 15 is 0 Å². The topological polar surface area (TPSA) is 104 Å². The number of carboxylic acids is 1. The lowest BCUT2D eigenvalue weighted by Gasteiger charge is -2.09. The third-order valence-electron chi connectivity index (χ3n) is 2.05. The molecule has 0 fully saturated rings. The fourth-order valence-electron chi connectivity index (χ4n) is 1.15. The molecule has 0 aliphatic heterocycles. The Morgan fingerprint density at radius 1 is 1.50 bits per heavy atom. The molecule has 0 heterocycles. The summed E-state index contributed by atoms with van der Waals surface area (Å²) >= 11 is 1.82. The van der Waals surface area contributed by atoms with Crippen molar-refractivity contribution in [2.45, 2.75) is 17.9 Å². The molecule has 8 heteroatoms. The van der Waals surface area contributed by atoms with E-state index in [1.54, 1.807) is 0 Å². The summed E-state index contributed by atoms with van der Waals surface area (Å²) in [5.41, 5.74) is -0.0736. The quantitative estimate of drug-likeness (QED) is 0.646. The van der Waals surface area contributed by atoms with Crippen LogP contribution in [-0.2, 0) is 10.0 Å². The summed E-state index contributed by atoms with van der Waals surface area (Å²) < 4.78 is 26.3. The minimum Gasteiger partial charge on any atom is -0.478 e. The molecule has 0 amide bonds. The average Bonchev–Trinajstić information content (AvgIpc) is 2.26. The second-order valence-electron chi connectivity index (χ2n) is 3.65. The van der Waals surface area contributed by atoms with Crippen LogP contribution in [-0.4, -0.2) is 37.2 Å². The molecule has 1 aromatic carbocycles. The van der Waals surface area contributed by atoms with Gasteiger partial charge in [0, 0.05) is 10.1 Å². The van der Waals surface area contributed by atoms with Gasteiger partial charge in [-0.2, -0.15) is 0 Å². The molecule has 0 bridgehead atoms. The maximum Gasteiger partial charge on any atom is 0.336 e. The molecular weight excluding hydrogens is 373 g/mol. The molecule has 6 nitrogen and oxygen atoms in total. The van der Waals surface area contributed by atoms with E-state index in [1.807, 2.05) is 22.6 Å². The first-order valence-electron chi connectivity index (χ1n) is 4.94. The Hall–Kier alpha value is -0.710. The SMILES string of the molecule is C[C@@H](O)CNS(=O)(=O)c1ccc(I)c(C(=O)O)c1. The summed E-state index contributed by atoms with van der Waals surface area (Å²) in [6.07, 6.45) is -0.817. The predicted molar refractivity (Wildman–Crippen MR) is 73.0 cm³/mol. The van der Waals surface area contributed by atoms with Crippen LogP contribution in [0.3, 0.4) is 0 Å². The van der Waals surface area contributed by atoms with Crippen LogP contribution in [0.4, 0.5) is 0 Å². The van der Waals surface area contributed by atoms with Crippen molar-refractivity contribution in [1.82, 2.24) is 4.72 Å². The minimum absolute atomic E-state index is 0.0736. The van der Waals surface area contributed by atoms with Crippen molar-refractivity contribution in [3.63, 3.8) is 0 Å². The fourth-order valence-corrected chi connectivity index (χ4v) is 2.86. The van der Waals surface area contributed by atoms with Crippen molar-refractivity contribution in [1.29, 1.82) is 0 Å². The molecule has 0 radical (unpaired) electrons. The van der Waals surface area contributed by atoms with Gasteiger partial charge in [0.15, 0.2) is 0 Å². The molecule has 0 aliphatic carbocycles. The van der Waals surface area contributed by atoms with Crippen LogP contribution in [0.2, 0.25) is 0 Å². The van der Waals surface area contributed by atoms with Gasteiger partial charge in [0.05, 0.1) is 16.6 Å². The van der Waals surface area contributed by atoms with E-state index in [1.165, 1.54) is 19.1 Å². The zero-order chi connectivity index (χ0) is 13.9. The number of carboxylic acid groups (broad SMARTS) is 1. The second kappa shape index (κ2) is 5.95. The maximum absolute atomic E-state index is 11.8. The highest BCUT2D eigenvalue weighted by Crippen LogP contribution is 2.17. The van der Waals surface area contributed by atoms with Gasteiger partial charge in [-0.15, -0.1) is 0 Å². The third-order valence-corrected chi connectivity index (χ3v) is 4.41. The molecule has 1 atom stereocenters. The maximum atomic E-state index is 11.8. The van der Waals surface area contributed by atoms with Crippen LogP contribution in [0.15, 0.2) is 23.1 Å². The van der Waals surface area contributed by atoms with Crippen LogP contribution in [0.5, 0.6) is 0 Å². The number of hydrogen-bond acceptors (Lipinski definition) is 4. The Kier molecular flexibility index (Phi) is 5.08. The van der Waals surface area contributed by atoms with Gasteiger partial charge in [-0.05, 0) is 47.7 Å². The van der Waals surface area contributed by atoms with Crippen LogP contribution in [0.1, 0.15) is 17.3 Å². The molecule has 100 valence electrons. The highest BCUT2D eigenvalue weighted by molar-refractivity contribution is 14.1. The van der Waals surface area contributed by atoms with E-state index in [-0.39, 0.29) is 17.0 Å². The Labute approximate surface area is 118 Å². The Balaban J connectivity index is 3.10. The number of rotatable bonds is 5. The number of aliphatic hydroxyl groups excluding tert-OH is 1. The molecule has 0 aromatic heterocycles. The molecule has 0 saturated heterocycles. The van der Waals surface area contributed by atoms with E-state index < -0.39 is 22.1 Å². The van der Waals surface area contributed by atoms with Crippen molar-refractivity contribution >= 4 is 38.6 Å². The first kappa shape index (κ1) is 15.3. The number of sulfonamides is 1. The zero-order valence-corrected chi connectivity index (χ0v) is 12.4. The number of nitrogens with one attached hydrogen (secondary N) is 1.